The third-order valence-electron chi connectivity index (χ3n) is 4.75. The predicted molar refractivity (Wildman–Crippen MR) is 74.2 cm³/mol. The molecule has 102 valence electrons. The van der Waals surface area contributed by atoms with Crippen LogP contribution in [0.2, 0.25) is 0 Å². The highest BCUT2D eigenvalue weighted by atomic mass is 15.1. The Bertz CT molecular complexity index is 276. The van der Waals surface area contributed by atoms with E-state index in [2.05, 4.69) is 23.2 Å². The van der Waals surface area contributed by atoms with Gasteiger partial charge in [0, 0.05) is 6.04 Å². The molecule has 1 aliphatic heterocycles. The van der Waals surface area contributed by atoms with Crippen LogP contribution in [0.4, 0.5) is 0 Å². The van der Waals surface area contributed by atoms with Gasteiger partial charge in [-0.1, -0.05) is 19.8 Å². The smallest absolute Gasteiger partial charge is 0.0672 e. The molecule has 2 atom stereocenters. The summed E-state index contributed by atoms with van der Waals surface area (Å²) < 4.78 is 0. The van der Waals surface area contributed by atoms with Gasteiger partial charge >= 0.3 is 0 Å². The second kappa shape index (κ2) is 7.11. The average Bonchev–Trinajstić information content (AvgIpc) is 2.46. The summed E-state index contributed by atoms with van der Waals surface area (Å²) in [5, 5.41) is 12.9. The lowest BCUT2D eigenvalue weighted by Gasteiger charge is -2.34. The zero-order chi connectivity index (χ0) is 12.8. The highest BCUT2D eigenvalue weighted by Crippen LogP contribution is 2.24. The van der Waals surface area contributed by atoms with Gasteiger partial charge in [-0.25, -0.2) is 0 Å². The monoisotopic (exact) mass is 249 g/mol. The van der Waals surface area contributed by atoms with Crippen molar-refractivity contribution >= 4 is 0 Å². The van der Waals surface area contributed by atoms with Crippen LogP contribution in [0.3, 0.4) is 0 Å². The van der Waals surface area contributed by atoms with Crippen LogP contribution in [-0.2, 0) is 0 Å². The average molecular weight is 249 g/mol. The Morgan fingerprint density at radius 1 is 1.17 bits per heavy atom. The quantitative estimate of drug-likeness (QED) is 0.831. The predicted octanol–water partition coefficient (Wildman–Crippen LogP) is 2.39. The first-order valence-corrected chi connectivity index (χ1v) is 7.68. The van der Waals surface area contributed by atoms with Crippen molar-refractivity contribution in [2.45, 2.75) is 51.5 Å². The summed E-state index contributed by atoms with van der Waals surface area (Å²) >= 11 is 0. The summed E-state index contributed by atoms with van der Waals surface area (Å²) in [6.07, 6.45) is 7.49. The van der Waals surface area contributed by atoms with E-state index in [-0.39, 0.29) is 5.92 Å². The van der Waals surface area contributed by atoms with E-state index < -0.39 is 0 Å². The van der Waals surface area contributed by atoms with Gasteiger partial charge in [-0.15, -0.1) is 0 Å². The van der Waals surface area contributed by atoms with E-state index in [4.69, 9.17) is 5.26 Å². The first kappa shape index (κ1) is 13.8. The number of hydrogen-bond acceptors (Lipinski definition) is 3. The molecule has 0 aromatic carbocycles. The number of rotatable bonds is 4. The van der Waals surface area contributed by atoms with Crippen molar-refractivity contribution < 1.29 is 0 Å². The SMILES string of the molecule is CCN1CCC(CNC2CCCCC2C#N)CC1. The molecular weight excluding hydrogens is 222 g/mol. The minimum Gasteiger partial charge on any atom is -0.312 e. The van der Waals surface area contributed by atoms with E-state index >= 15 is 0 Å². The van der Waals surface area contributed by atoms with Crippen LogP contribution in [0.5, 0.6) is 0 Å². The van der Waals surface area contributed by atoms with E-state index in [1.807, 2.05) is 0 Å². The van der Waals surface area contributed by atoms with Crippen molar-refractivity contribution in [3.8, 4) is 6.07 Å². The van der Waals surface area contributed by atoms with Crippen molar-refractivity contribution in [2.24, 2.45) is 11.8 Å². The van der Waals surface area contributed by atoms with E-state index in [0.717, 1.165) is 18.9 Å². The van der Waals surface area contributed by atoms with Crippen molar-refractivity contribution in [3.63, 3.8) is 0 Å². The van der Waals surface area contributed by atoms with Crippen LogP contribution in [0, 0.1) is 23.2 Å². The summed E-state index contributed by atoms with van der Waals surface area (Å²) in [4.78, 5) is 2.54. The number of nitriles is 1. The van der Waals surface area contributed by atoms with Gasteiger partial charge in [0.05, 0.1) is 12.0 Å². The van der Waals surface area contributed by atoms with Crippen LogP contribution in [0.15, 0.2) is 0 Å². The number of nitrogens with one attached hydrogen (secondary N) is 1. The van der Waals surface area contributed by atoms with Crippen molar-refractivity contribution in [1.82, 2.24) is 10.2 Å². The van der Waals surface area contributed by atoms with Crippen molar-refractivity contribution in [1.29, 1.82) is 5.26 Å². The molecule has 2 rings (SSSR count). The molecule has 1 heterocycles. The summed E-state index contributed by atoms with van der Waals surface area (Å²) in [7, 11) is 0. The first-order chi connectivity index (χ1) is 8.83. The Hall–Kier alpha value is -0.590. The molecule has 2 fully saturated rings. The van der Waals surface area contributed by atoms with Gasteiger partial charge in [0.15, 0.2) is 0 Å². The number of piperidine rings is 1. The first-order valence-electron chi connectivity index (χ1n) is 7.68. The fraction of sp³-hybridized carbons (Fsp3) is 0.933. The molecule has 2 unspecified atom stereocenters. The molecule has 0 aromatic rings. The fourth-order valence-electron chi connectivity index (χ4n) is 3.35. The fourth-order valence-corrected chi connectivity index (χ4v) is 3.35. The number of nitrogens with zero attached hydrogens (tertiary/aromatic N) is 2. The molecule has 1 saturated heterocycles. The Balaban J connectivity index is 1.69. The molecule has 18 heavy (non-hydrogen) atoms. The van der Waals surface area contributed by atoms with Crippen LogP contribution in [-0.4, -0.2) is 37.1 Å². The summed E-state index contributed by atoms with van der Waals surface area (Å²) in [6, 6.07) is 2.95. The topological polar surface area (TPSA) is 39.1 Å². The Kier molecular flexibility index (Phi) is 5.46. The molecule has 0 aromatic heterocycles. The Morgan fingerprint density at radius 3 is 2.56 bits per heavy atom. The summed E-state index contributed by atoms with van der Waals surface area (Å²) in [5.74, 6) is 1.09. The molecular formula is C15H27N3. The molecule has 1 N–H and O–H groups in total. The Morgan fingerprint density at radius 2 is 1.89 bits per heavy atom. The molecule has 0 spiro atoms. The van der Waals surface area contributed by atoms with Crippen LogP contribution >= 0.6 is 0 Å². The van der Waals surface area contributed by atoms with E-state index in [1.54, 1.807) is 0 Å². The van der Waals surface area contributed by atoms with E-state index in [1.165, 1.54) is 51.7 Å². The van der Waals surface area contributed by atoms with Gasteiger partial charge in [-0.2, -0.15) is 5.26 Å². The lowest BCUT2D eigenvalue weighted by Crippen LogP contribution is -2.43. The molecule has 0 radical (unpaired) electrons. The van der Waals surface area contributed by atoms with Crippen LogP contribution in [0.25, 0.3) is 0 Å². The second-order valence-corrected chi connectivity index (χ2v) is 5.91. The lowest BCUT2D eigenvalue weighted by molar-refractivity contribution is 0.182. The van der Waals surface area contributed by atoms with Crippen LogP contribution in [0.1, 0.15) is 45.4 Å². The van der Waals surface area contributed by atoms with Crippen molar-refractivity contribution in [2.75, 3.05) is 26.2 Å². The van der Waals surface area contributed by atoms with Gasteiger partial charge in [-0.3, -0.25) is 0 Å². The normalized spacial score (nSPS) is 31.1. The third kappa shape index (κ3) is 3.70. The van der Waals surface area contributed by atoms with E-state index in [0.29, 0.717) is 6.04 Å². The van der Waals surface area contributed by atoms with E-state index in [9.17, 15) is 0 Å². The van der Waals surface area contributed by atoms with Gasteiger partial charge in [0.1, 0.15) is 0 Å². The van der Waals surface area contributed by atoms with Gasteiger partial charge in [0.2, 0.25) is 0 Å². The second-order valence-electron chi connectivity index (χ2n) is 5.91. The van der Waals surface area contributed by atoms with Crippen molar-refractivity contribution in [3.05, 3.63) is 0 Å². The number of likely N-dealkylation sites (tertiary alicyclic amines) is 1. The molecule has 0 amide bonds. The highest BCUT2D eigenvalue weighted by Gasteiger charge is 2.26. The zero-order valence-electron chi connectivity index (χ0n) is 11.7. The largest absolute Gasteiger partial charge is 0.312 e. The maximum atomic E-state index is 9.17. The molecule has 2 aliphatic rings. The lowest BCUT2D eigenvalue weighted by atomic mass is 9.85. The van der Waals surface area contributed by atoms with Crippen LogP contribution < -0.4 is 5.32 Å². The minimum absolute atomic E-state index is 0.259. The minimum atomic E-state index is 0.259. The third-order valence-corrected chi connectivity index (χ3v) is 4.75. The van der Waals surface area contributed by atoms with Gasteiger partial charge < -0.3 is 10.2 Å². The zero-order valence-corrected chi connectivity index (χ0v) is 11.7. The molecule has 3 nitrogen and oxygen atoms in total. The Labute approximate surface area is 112 Å². The molecule has 3 heteroatoms. The molecule has 1 aliphatic carbocycles. The van der Waals surface area contributed by atoms with Gasteiger partial charge in [-0.05, 0) is 57.8 Å². The summed E-state index contributed by atoms with van der Waals surface area (Å²) in [5.41, 5.74) is 0. The maximum Gasteiger partial charge on any atom is 0.0672 e. The standard InChI is InChI=1S/C15H27N3/c1-2-18-9-7-13(8-10-18)12-17-15-6-4-3-5-14(15)11-16/h13-15,17H,2-10,12H2,1H3. The maximum absolute atomic E-state index is 9.17. The molecule has 0 bridgehead atoms. The number of hydrogen-bond donors (Lipinski definition) is 1. The molecule has 1 saturated carbocycles. The highest BCUT2D eigenvalue weighted by molar-refractivity contribution is 4.94. The van der Waals surface area contributed by atoms with Gasteiger partial charge in [0.25, 0.3) is 0 Å². The summed E-state index contributed by atoms with van der Waals surface area (Å²) in [6.45, 7) is 7.09.